The van der Waals surface area contributed by atoms with Gasteiger partial charge in [-0.2, -0.15) is 0 Å². The first-order valence-electron chi connectivity index (χ1n) is 8.02. The van der Waals surface area contributed by atoms with Crippen molar-refractivity contribution >= 4 is 33.3 Å². The van der Waals surface area contributed by atoms with E-state index < -0.39 is 34.3 Å². The molecule has 0 aliphatic carbocycles. The largest absolute Gasteiger partial charge is 0.462 e. The number of hydrogen-bond acceptors (Lipinski definition) is 5. The number of anilines is 2. The molecule has 2 rings (SSSR count). The van der Waals surface area contributed by atoms with Crippen molar-refractivity contribution in [1.29, 1.82) is 0 Å². The molecular weight excluding hydrogens is 375 g/mol. The van der Waals surface area contributed by atoms with Crippen LogP contribution in [-0.2, 0) is 19.6 Å². The first kappa shape index (κ1) is 20.4. The van der Waals surface area contributed by atoms with Crippen molar-refractivity contribution in [2.24, 2.45) is 0 Å². The number of para-hydroxylation sites is 2. The Morgan fingerprint density at radius 1 is 1.11 bits per heavy atom. The smallest absolute Gasteiger partial charge is 0.340 e. The Hall–Kier alpha value is -2.94. The lowest BCUT2D eigenvalue weighted by atomic mass is 10.2. The second kappa shape index (κ2) is 8.63. The molecule has 0 aliphatic heterocycles. The van der Waals surface area contributed by atoms with E-state index in [1.807, 2.05) is 0 Å². The molecule has 1 N–H and O–H groups in total. The highest BCUT2D eigenvalue weighted by Crippen LogP contribution is 2.22. The van der Waals surface area contributed by atoms with Gasteiger partial charge in [0.1, 0.15) is 12.4 Å². The highest BCUT2D eigenvalue weighted by Gasteiger charge is 2.24. The van der Waals surface area contributed by atoms with Crippen molar-refractivity contribution in [2.75, 3.05) is 29.0 Å². The zero-order valence-electron chi connectivity index (χ0n) is 14.8. The Bertz CT molecular complexity index is 946. The number of carbonyl (C=O) groups excluding carboxylic acids is 2. The summed E-state index contributed by atoms with van der Waals surface area (Å²) in [6.45, 7) is 1.16. The van der Waals surface area contributed by atoms with E-state index in [0.717, 1.165) is 12.3 Å². The normalized spacial score (nSPS) is 10.9. The fraction of sp³-hybridized carbons (Fsp3) is 0.222. The summed E-state index contributed by atoms with van der Waals surface area (Å²) in [6, 6.07) is 11.4. The summed E-state index contributed by atoms with van der Waals surface area (Å²) in [6.07, 6.45) is 0.874. The summed E-state index contributed by atoms with van der Waals surface area (Å²) in [5.74, 6) is -2.13. The van der Waals surface area contributed by atoms with Crippen LogP contribution in [0.4, 0.5) is 15.8 Å². The maximum absolute atomic E-state index is 14.0. The summed E-state index contributed by atoms with van der Waals surface area (Å²) in [4.78, 5) is 24.4. The van der Waals surface area contributed by atoms with E-state index in [-0.39, 0.29) is 23.5 Å². The van der Waals surface area contributed by atoms with E-state index in [1.54, 1.807) is 19.1 Å². The van der Waals surface area contributed by atoms with Gasteiger partial charge in [0, 0.05) is 0 Å². The molecular formula is C18H19FN2O5S. The van der Waals surface area contributed by atoms with Crippen LogP contribution in [0.15, 0.2) is 48.5 Å². The number of ether oxygens (including phenoxy) is 1. The van der Waals surface area contributed by atoms with Crippen molar-refractivity contribution in [3.05, 3.63) is 59.9 Å². The van der Waals surface area contributed by atoms with Crippen molar-refractivity contribution in [1.82, 2.24) is 0 Å². The van der Waals surface area contributed by atoms with Gasteiger partial charge in [-0.05, 0) is 31.2 Å². The lowest BCUT2D eigenvalue weighted by molar-refractivity contribution is -0.114. The molecule has 0 heterocycles. The highest BCUT2D eigenvalue weighted by molar-refractivity contribution is 7.92. The summed E-state index contributed by atoms with van der Waals surface area (Å²) >= 11 is 0. The van der Waals surface area contributed by atoms with Gasteiger partial charge in [-0.3, -0.25) is 9.10 Å². The van der Waals surface area contributed by atoms with Crippen LogP contribution < -0.4 is 9.62 Å². The molecule has 2 aromatic rings. The molecule has 0 radical (unpaired) electrons. The summed E-state index contributed by atoms with van der Waals surface area (Å²) in [5.41, 5.74) is 0.0567. The Labute approximate surface area is 156 Å². The molecule has 0 aliphatic rings. The highest BCUT2D eigenvalue weighted by atomic mass is 32.2. The number of carbonyl (C=O) groups is 2. The third kappa shape index (κ3) is 5.27. The fourth-order valence-corrected chi connectivity index (χ4v) is 3.19. The molecule has 0 aromatic heterocycles. The monoisotopic (exact) mass is 394 g/mol. The van der Waals surface area contributed by atoms with Gasteiger partial charge in [-0.1, -0.05) is 24.3 Å². The molecule has 9 heteroatoms. The van der Waals surface area contributed by atoms with Crippen molar-refractivity contribution < 1.29 is 27.1 Å². The minimum atomic E-state index is -3.92. The molecule has 0 spiro atoms. The van der Waals surface area contributed by atoms with Crippen LogP contribution in [0.5, 0.6) is 0 Å². The van der Waals surface area contributed by atoms with Gasteiger partial charge in [-0.15, -0.1) is 0 Å². The fourth-order valence-electron chi connectivity index (χ4n) is 2.33. The van der Waals surface area contributed by atoms with Crippen LogP contribution in [-0.4, -0.2) is 39.7 Å². The summed E-state index contributed by atoms with van der Waals surface area (Å²) in [5, 5.41) is 2.47. The molecule has 27 heavy (non-hydrogen) atoms. The van der Waals surface area contributed by atoms with E-state index >= 15 is 0 Å². The number of nitrogens with one attached hydrogen (secondary N) is 1. The van der Waals surface area contributed by atoms with Gasteiger partial charge < -0.3 is 10.1 Å². The third-order valence-corrected chi connectivity index (χ3v) is 4.63. The van der Waals surface area contributed by atoms with Gasteiger partial charge in [0.15, 0.2) is 0 Å². The summed E-state index contributed by atoms with van der Waals surface area (Å²) < 4.78 is 43.7. The quantitative estimate of drug-likeness (QED) is 0.728. The topological polar surface area (TPSA) is 92.8 Å². The van der Waals surface area contributed by atoms with Gasteiger partial charge in [0.25, 0.3) is 0 Å². The maximum atomic E-state index is 14.0. The minimum absolute atomic E-state index is 0.129. The number of nitrogens with zero attached hydrogens (tertiary/aromatic N) is 1. The predicted octanol–water partition coefficient (Wildman–Crippen LogP) is 2.41. The van der Waals surface area contributed by atoms with Crippen LogP contribution in [0.2, 0.25) is 0 Å². The van der Waals surface area contributed by atoms with Crippen LogP contribution in [0.25, 0.3) is 0 Å². The van der Waals surface area contributed by atoms with E-state index in [1.165, 1.54) is 30.3 Å². The number of benzene rings is 2. The first-order chi connectivity index (χ1) is 12.7. The lowest BCUT2D eigenvalue weighted by Crippen LogP contribution is -2.38. The molecule has 144 valence electrons. The molecule has 0 atom stereocenters. The van der Waals surface area contributed by atoms with E-state index in [9.17, 15) is 22.4 Å². The molecule has 2 aromatic carbocycles. The van der Waals surface area contributed by atoms with Crippen LogP contribution in [0.3, 0.4) is 0 Å². The lowest BCUT2D eigenvalue weighted by Gasteiger charge is -2.22. The number of rotatable bonds is 7. The Morgan fingerprint density at radius 3 is 2.37 bits per heavy atom. The van der Waals surface area contributed by atoms with Crippen molar-refractivity contribution in [3.8, 4) is 0 Å². The maximum Gasteiger partial charge on any atom is 0.340 e. The molecule has 0 fully saturated rings. The molecule has 0 saturated carbocycles. The molecule has 0 bridgehead atoms. The molecule has 7 nitrogen and oxygen atoms in total. The Morgan fingerprint density at radius 2 is 1.74 bits per heavy atom. The second-order valence-electron chi connectivity index (χ2n) is 5.54. The number of halogens is 1. The third-order valence-electron chi connectivity index (χ3n) is 3.51. The standard InChI is InChI=1S/C18H19FN2O5S/c1-3-26-18(23)13-8-4-6-10-15(13)20-17(22)12-21(27(2,24)25)16-11-7-5-9-14(16)19/h4-11H,3,12H2,1-2H3,(H,20,22). The van der Waals surface area contributed by atoms with E-state index in [4.69, 9.17) is 4.74 Å². The Balaban J connectivity index is 2.26. The Kier molecular flexibility index (Phi) is 6.51. The number of esters is 1. The molecule has 1 amide bonds. The molecule has 0 unspecified atom stereocenters. The number of hydrogen-bond donors (Lipinski definition) is 1. The summed E-state index contributed by atoms with van der Waals surface area (Å²) in [7, 11) is -3.92. The average Bonchev–Trinajstić information content (AvgIpc) is 2.60. The second-order valence-corrected chi connectivity index (χ2v) is 7.44. The zero-order valence-corrected chi connectivity index (χ0v) is 15.6. The number of amides is 1. The van der Waals surface area contributed by atoms with Crippen LogP contribution in [0.1, 0.15) is 17.3 Å². The van der Waals surface area contributed by atoms with Gasteiger partial charge in [-0.25, -0.2) is 17.6 Å². The average molecular weight is 394 g/mol. The van der Waals surface area contributed by atoms with Crippen molar-refractivity contribution in [2.45, 2.75) is 6.92 Å². The van der Waals surface area contributed by atoms with Crippen LogP contribution in [0, 0.1) is 5.82 Å². The zero-order chi connectivity index (χ0) is 20.0. The number of sulfonamides is 1. The van der Waals surface area contributed by atoms with Crippen LogP contribution >= 0.6 is 0 Å². The minimum Gasteiger partial charge on any atom is -0.462 e. The van der Waals surface area contributed by atoms with E-state index in [0.29, 0.717) is 4.31 Å². The van der Waals surface area contributed by atoms with Gasteiger partial charge in [0.2, 0.25) is 15.9 Å². The van der Waals surface area contributed by atoms with E-state index in [2.05, 4.69) is 5.32 Å². The SMILES string of the molecule is CCOC(=O)c1ccccc1NC(=O)CN(c1ccccc1F)S(C)(=O)=O. The van der Waals surface area contributed by atoms with Crippen molar-refractivity contribution in [3.63, 3.8) is 0 Å². The van der Waals surface area contributed by atoms with Gasteiger partial charge in [0.05, 0.1) is 29.8 Å². The van der Waals surface area contributed by atoms with Gasteiger partial charge >= 0.3 is 5.97 Å². The first-order valence-corrected chi connectivity index (χ1v) is 9.87. The predicted molar refractivity (Wildman–Crippen MR) is 99.6 cm³/mol. The molecule has 0 saturated heterocycles.